The molecular formula is C23H36N2O5S. The number of carbonyl (C=O) groups is 3. The predicted molar refractivity (Wildman–Crippen MR) is 119 cm³/mol. The fourth-order valence-corrected chi connectivity index (χ4v) is 8.62. The Morgan fingerprint density at radius 3 is 2.32 bits per heavy atom. The number of hydrogen-bond acceptors (Lipinski definition) is 6. The standard InChI is InChI=1S/C23H36N2O5S/c1-3-30-22(29)18(24-14(2)20(26)25-6-4-5-19(25)21(27)28)13-31-23-10-15-7-16(11-23)9-17(8-15)12-23/h14-19,24H,3-13H2,1-2H3,(H,27,28)/t14-,15?,16?,17?,18-,19-,23?/m0/s1. The SMILES string of the molecule is CCOC(=O)[C@H](CSC12CC3CC(CC(C3)C1)C2)N[C@@H](C)C(=O)N1CCC[C@H]1C(=O)O. The van der Waals surface area contributed by atoms with Crippen molar-refractivity contribution < 1.29 is 24.2 Å². The van der Waals surface area contributed by atoms with Crippen molar-refractivity contribution >= 4 is 29.6 Å². The van der Waals surface area contributed by atoms with Crippen molar-refractivity contribution in [1.82, 2.24) is 10.2 Å². The zero-order chi connectivity index (χ0) is 22.2. The second-order valence-electron chi connectivity index (χ2n) is 10.1. The quantitative estimate of drug-likeness (QED) is 0.519. The van der Waals surface area contributed by atoms with Crippen LogP contribution in [-0.2, 0) is 19.1 Å². The van der Waals surface area contributed by atoms with Gasteiger partial charge in [0.2, 0.25) is 5.91 Å². The van der Waals surface area contributed by atoms with Crippen molar-refractivity contribution in [1.29, 1.82) is 0 Å². The predicted octanol–water partition coefficient (Wildman–Crippen LogP) is 2.67. The van der Waals surface area contributed by atoms with Gasteiger partial charge in [0.1, 0.15) is 12.1 Å². The molecule has 1 amide bonds. The first-order valence-corrected chi connectivity index (χ1v) is 12.9. The Kier molecular flexibility index (Phi) is 6.87. The van der Waals surface area contributed by atoms with Gasteiger partial charge in [-0.1, -0.05) is 0 Å². The molecule has 0 unspecified atom stereocenters. The van der Waals surface area contributed by atoms with Crippen LogP contribution in [0.4, 0.5) is 0 Å². The molecule has 1 aliphatic heterocycles. The number of carboxylic acids is 1. The van der Waals surface area contributed by atoms with Crippen molar-refractivity contribution in [3.05, 3.63) is 0 Å². The van der Waals surface area contributed by atoms with Crippen molar-refractivity contribution in [2.45, 2.75) is 88.1 Å². The number of rotatable bonds is 9. The molecule has 31 heavy (non-hydrogen) atoms. The number of amides is 1. The van der Waals surface area contributed by atoms with E-state index in [4.69, 9.17) is 4.74 Å². The number of hydrogen-bond donors (Lipinski definition) is 2. The van der Waals surface area contributed by atoms with Crippen LogP contribution in [0.25, 0.3) is 0 Å². The van der Waals surface area contributed by atoms with Crippen LogP contribution in [0, 0.1) is 17.8 Å². The van der Waals surface area contributed by atoms with Gasteiger partial charge in [0, 0.05) is 17.0 Å². The normalized spacial score (nSPS) is 35.7. The van der Waals surface area contributed by atoms with Gasteiger partial charge < -0.3 is 14.7 Å². The third-order valence-corrected chi connectivity index (χ3v) is 9.36. The molecule has 4 aliphatic carbocycles. The van der Waals surface area contributed by atoms with Crippen molar-refractivity contribution in [2.75, 3.05) is 18.9 Å². The fraction of sp³-hybridized carbons (Fsp3) is 0.870. The summed E-state index contributed by atoms with van der Waals surface area (Å²) in [6.07, 6.45) is 9.07. The van der Waals surface area contributed by atoms with Crippen LogP contribution < -0.4 is 5.32 Å². The summed E-state index contributed by atoms with van der Waals surface area (Å²) in [5.74, 6) is 1.58. The van der Waals surface area contributed by atoms with Crippen LogP contribution >= 0.6 is 11.8 Å². The molecule has 2 N–H and O–H groups in total. The molecule has 5 fully saturated rings. The zero-order valence-electron chi connectivity index (χ0n) is 18.7. The zero-order valence-corrected chi connectivity index (χ0v) is 19.5. The van der Waals surface area contributed by atoms with E-state index in [0.29, 0.717) is 31.7 Å². The molecule has 0 spiro atoms. The summed E-state index contributed by atoms with van der Waals surface area (Å²) in [6, 6.07) is -1.96. The molecule has 7 nitrogen and oxygen atoms in total. The highest BCUT2D eigenvalue weighted by Crippen LogP contribution is 2.60. The summed E-state index contributed by atoms with van der Waals surface area (Å²) in [4.78, 5) is 38.5. The minimum absolute atomic E-state index is 0.251. The molecule has 4 bridgehead atoms. The Morgan fingerprint density at radius 1 is 1.16 bits per heavy atom. The van der Waals surface area contributed by atoms with Crippen LogP contribution in [0.1, 0.15) is 65.2 Å². The smallest absolute Gasteiger partial charge is 0.326 e. The minimum atomic E-state index is -0.961. The third kappa shape index (κ3) is 4.90. The van der Waals surface area contributed by atoms with Crippen LogP contribution in [0.15, 0.2) is 0 Å². The number of carboxylic acid groups (broad SMARTS) is 1. The van der Waals surface area contributed by atoms with Crippen LogP contribution in [0.5, 0.6) is 0 Å². The first-order chi connectivity index (χ1) is 14.8. The molecule has 3 atom stereocenters. The van der Waals surface area contributed by atoms with Gasteiger partial charge >= 0.3 is 11.9 Å². The van der Waals surface area contributed by atoms with Gasteiger partial charge in [-0.25, -0.2) is 4.79 Å². The number of esters is 1. The lowest BCUT2D eigenvalue weighted by atomic mass is 9.56. The fourth-order valence-electron chi connectivity index (χ4n) is 6.80. The largest absolute Gasteiger partial charge is 0.480 e. The lowest BCUT2D eigenvalue weighted by Gasteiger charge is -2.56. The van der Waals surface area contributed by atoms with Crippen LogP contribution in [0.3, 0.4) is 0 Å². The van der Waals surface area contributed by atoms with Gasteiger partial charge in [-0.15, -0.1) is 0 Å². The first kappa shape index (κ1) is 22.9. The van der Waals surface area contributed by atoms with Gasteiger partial charge in [-0.2, -0.15) is 11.8 Å². The number of likely N-dealkylation sites (tertiary alicyclic amines) is 1. The van der Waals surface area contributed by atoms with Gasteiger partial charge in [0.05, 0.1) is 12.6 Å². The lowest BCUT2D eigenvalue weighted by Crippen LogP contribution is -2.55. The van der Waals surface area contributed by atoms with E-state index in [1.54, 1.807) is 13.8 Å². The number of nitrogens with zero attached hydrogens (tertiary/aromatic N) is 1. The molecule has 174 valence electrons. The molecule has 0 aromatic rings. The van der Waals surface area contributed by atoms with E-state index in [-0.39, 0.29) is 16.6 Å². The first-order valence-electron chi connectivity index (χ1n) is 11.9. The lowest BCUT2D eigenvalue weighted by molar-refractivity contribution is -0.150. The highest BCUT2D eigenvalue weighted by Gasteiger charge is 2.51. The van der Waals surface area contributed by atoms with Gasteiger partial charge in [0.25, 0.3) is 0 Å². The summed E-state index contributed by atoms with van der Waals surface area (Å²) in [5.41, 5.74) is 0. The molecule has 5 rings (SSSR count). The number of aliphatic carboxylic acids is 1. The topological polar surface area (TPSA) is 95.9 Å². The highest BCUT2D eigenvalue weighted by atomic mass is 32.2. The summed E-state index contributed by atoms with van der Waals surface area (Å²) in [7, 11) is 0. The Bertz CT molecular complexity index is 679. The van der Waals surface area contributed by atoms with Crippen LogP contribution in [-0.4, -0.2) is 69.6 Å². The molecular weight excluding hydrogens is 416 g/mol. The summed E-state index contributed by atoms with van der Waals surface area (Å²) >= 11 is 1.91. The average Bonchev–Trinajstić information content (AvgIpc) is 3.19. The Balaban J connectivity index is 1.39. The Labute approximate surface area is 189 Å². The Morgan fingerprint density at radius 2 is 1.77 bits per heavy atom. The van der Waals surface area contributed by atoms with E-state index in [0.717, 1.165) is 17.8 Å². The number of thioether (sulfide) groups is 1. The maximum absolute atomic E-state index is 12.9. The van der Waals surface area contributed by atoms with E-state index < -0.39 is 24.1 Å². The van der Waals surface area contributed by atoms with E-state index in [9.17, 15) is 19.5 Å². The number of carbonyl (C=O) groups excluding carboxylic acids is 2. The van der Waals surface area contributed by atoms with E-state index in [2.05, 4.69) is 5.32 Å². The molecule has 8 heteroatoms. The maximum atomic E-state index is 12.9. The molecule has 1 heterocycles. The summed E-state index contributed by atoms with van der Waals surface area (Å²) in [5, 5.41) is 12.6. The van der Waals surface area contributed by atoms with E-state index in [1.165, 1.54) is 43.4 Å². The van der Waals surface area contributed by atoms with Crippen molar-refractivity contribution in [3.63, 3.8) is 0 Å². The monoisotopic (exact) mass is 452 g/mol. The molecule has 0 radical (unpaired) electrons. The molecule has 1 saturated heterocycles. The molecule has 5 aliphatic rings. The summed E-state index contributed by atoms with van der Waals surface area (Å²) < 4.78 is 5.58. The third-order valence-electron chi connectivity index (χ3n) is 7.75. The van der Waals surface area contributed by atoms with Gasteiger partial charge in [0.15, 0.2) is 0 Å². The highest BCUT2D eigenvalue weighted by molar-refractivity contribution is 8.00. The van der Waals surface area contributed by atoms with Gasteiger partial charge in [-0.3, -0.25) is 14.9 Å². The average molecular weight is 453 g/mol. The van der Waals surface area contributed by atoms with E-state index in [1.807, 2.05) is 11.8 Å². The molecule has 0 aromatic heterocycles. The molecule has 0 aromatic carbocycles. The van der Waals surface area contributed by atoms with Crippen molar-refractivity contribution in [2.24, 2.45) is 17.8 Å². The maximum Gasteiger partial charge on any atom is 0.326 e. The van der Waals surface area contributed by atoms with Gasteiger partial charge in [-0.05, 0) is 83.0 Å². The minimum Gasteiger partial charge on any atom is -0.480 e. The van der Waals surface area contributed by atoms with Crippen LogP contribution in [0.2, 0.25) is 0 Å². The summed E-state index contributed by atoms with van der Waals surface area (Å²) in [6.45, 7) is 4.27. The second-order valence-corrected chi connectivity index (χ2v) is 11.6. The Hall–Kier alpha value is -1.28. The second kappa shape index (κ2) is 9.30. The van der Waals surface area contributed by atoms with Crippen molar-refractivity contribution in [3.8, 4) is 0 Å². The number of ether oxygens (including phenoxy) is 1. The van der Waals surface area contributed by atoms with E-state index >= 15 is 0 Å². The number of nitrogens with one attached hydrogen (secondary N) is 1. The molecule has 4 saturated carbocycles.